The molecular weight excluding hydrogens is 292 g/mol. The number of ether oxygens (including phenoxy) is 2. The van der Waals surface area contributed by atoms with Gasteiger partial charge in [0.25, 0.3) is 0 Å². The molecule has 21 heavy (non-hydrogen) atoms. The van der Waals surface area contributed by atoms with Crippen LogP contribution in [0.4, 0.5) is 0 Å². The Labute approximate surface area is 125 Å². The van der Waals surface area contributed by atoms with E-state index in [1.165, 1.54) is 13.2 Å². The molecule has 2 atom stereocenters. The fraction of sp³-hybridized carbons (Fsp3) is 0.571. The summed E-state index contributed by atoms with van der Waals surface area (Å²) in [5.74, 6) is 0.509. The smallest absolute Gasteiger partial charge is 0.244 e. The summed E-state index contributed by atoms with van der Waals surface area (Å²) in [4.78, 5) is 0.133. The first-order chi connectivity index (χ1) is 9.97. The van der Waals surface area contributed by atoms with Crippen molar-refractivity contribution in [2.75, 3.05) is 20.3 Å². The van der Waals surface area contributed by atoms with Gasteiger partial charge in [-0.3, -0.25) is 0 Å². The van der Waals surface area contributed by atoms with E-state index in [0.29, 0.717) is 25.4 Å². The van der Waals surface area contributed by atoms with E-state index in [1.807, 2.05) is 6.92 Å². The summed E-state index contributed by atoms with van der Waals surface area (Å²) in [6, 6.07) is 4.87. The molecule has 1 fully saturated rings. The highest BCUT2D eigenvalue weighted by Gasteiger charge is 2.27. The maximum Gasteiger partial charge on any atom is 0.244 e. The van der Waals surface area contributed by atoms with Gasteiger partial charge in [-0.1, -0.05) is 6.07 Å². The molecule has 1 aromatic rings. The Morgan fingerprint density at radius 1 is 1.48 bits per heavy atom. The van der Waals surface area contributed by atoms with Crippen molar-refractivity contribution in [3.8, 4) is 5.75 Å². The van der Waals surface area contributed by atoms with Crippen LogP contribution >= 0.6 is 0 Å². The molecule has 7 heteroatoms. The van der Waals surface area contributed by atoms with Gasteiger partial charge in [0, 0.05) is 25.6 Å². The van der Waals surface area contributed by atoms with Crippen LogP contribution in [-0.4, -0.2) is 34.8 Å². The van der Waals surface area contributed by atoms with Crippen LogP contribution in [0.15, 0.2) is 23.1 Å². The fourth-order valence-electron chi connectivity index (χ4n) is 2.40. The first kappa shape index (κ1) is 16.2. The minimum atomic E-state index is -3.61. The molecule has 118 valence electrons. The van der Waals surface area contributed by atoms with E-state index in [2.05, 4.69) is 4.72 Å². The third kappa shape index (κ3) is 3.74. The summed E-state index contributed by atoms with van der Waals surface area (Å²) in [7, 11) is -2.16. The Kier molecular flexibility index (Phi) is 5.21. The van der Waals surface area contributed by atoms with Crippen LogP contribution < -0.4 is 15.2 Å². The van der Waals surface area contributed by atoms with Crippen LogP contribution in [0.1, 0.15) is 18.9 Å². The fourth-order valence-corrected chi connectivity index (χ4v) is 3.64. The molecule has 0 radical (unpaired) electrons. The second-order valence-electron chi connectivity index (χ2n) is 5.17. The Morgan fingerprint density at radius 3 is 2.81 bits per heavy atom. The number of sulfonamides is 1. The largest absolute Gasteiger partial charge is 0.495 e. The van der Waals surface area contributed by atoms with Crippen LogP contribution in [0.2, 0.25) is 0 Å². The van der Waals surface area contributed by atoms with Crippen molar-refractivity contribution in [3.63, 3.8) is 0 Å². The monoisotopic (exact) mass is 314 g/mol. The van der Waals surface area contributed by atoms with Crippen molar-refractivity contribution in [3.05, 3.63) is 23.8 Å². The zero-order valence-electron chi connectivity index (χ0n) is 12.3. The van der Waals surface area contributed by atoms with Gasteiger partial charge in [0.2, 0.25) is 10.0 Å². The van der Waals surface area contributed by atoms with Gasteiger partial charge >= 0.3 is 0 Å². The molecule has 1 saturated heterocycles. The van der Waals surface area contributed by atoms with Gasteiger partial charge in [-0.25, -0.2) is 13.1 Å². The minimum Gasteiger partial charge on any atom is -0.495 e. The minimum absolute atomic E-state index is 0.0780. The molecule has 0 saturated carbocycles. The van der Waals surface area contributed by atoms with Gasteiger partial charge in [-0.05, 0) is 31.0 Å². The summed E-state index contributed by atoms with van der Waals surface area (Å²) in [6.07, 6.45) is 0.946. The lowest BCUT2D eigenvalue weighted by Gasteiger charge is -2.16. The van der Waals surface area contributed by atoms with Crippen molar-refractivity contribution in [2.45, 2.75) is 30.9 Å². The topological polar surface area (TPSA) is 90.7 Å². The van der Waals surface area contributed by atoms with Crippen LogP contribution in [0.25, 0.3) is 0 Å². The number of nitrogens with two attached hydrogens (primary N) is 1. The molecule has 1 aromatic carbocycles. The molecule has 0 spiro atoms. The van der Waals surface area contributed by atoms with Crippen molar-refractivity contribution >= 4 is 10.0 Å². The first-order valence-corrected chi connectivity index (χ1v) is 8.44. The highest BCUT2D eigenvalue weighted by Crippen LogP contribution is 2.26. The van der Waals surface area contributed by atoms with E-state index in [-0.39, 0.29) is 16.9 Å². The molecule has 0 bridgehead atoms. The Bertz CT molecular complexity index is 589. The van der Waals surface area contributed by atoms with Crippen molar-refractivity contribution < 1.29 is 17.9 Å². The van der Waals surface area contributed by atoms with Crippen molar-refractivity contribution in [2.24, 2.45) is 11.7 Å². The molecule has 0 amide bonds. The van der Waals surface area contributed by atoms with Crippen LogP contribution in [0, 0.1) is 5.92 Å². The van der Waals surface area contributed by atoms with E-state index in [4.69, 9.17) is 15.2 Å². The SMILES string of the molecule is COc1cc(CN)ccc1S(=O)(=O)NCC1CCOC1C. The van der Waals surface area contributed by atoms with Crippen LogP contribution in [0.3, 0.4) is 0 Å². The average molecular weight is 314 g/mol. The summed E-state index contributed by atoms with van der Waals surface area (Å²) in [5.41, 5.74) is 6.38. The van der Waals surface area contributed by atoms with Gasteiger partial charge < -0.3 is 15.2 Å². The number of nitrogens with one attached hydrogen (secondary N) is 1. The van der Waals surface area contributed by atoms with Gasteiger partial charge in [-0.15, -0.1) is 0 Å². The normalized spacial score (nSPS) is 22.4. The molecule has 1 heterocycles. The quantitative estimate of drug-likeness (QED) is 0.812. The van der Waals surface area contributed by atoms with Crippen LogP contribution in [-0.2, 0) is 21.3 Å². The number of hydrogen-bond donors (Lipinski definition) is 2. The average Bonchev–Trinajstić information content (AvgIpc) is 2.89. The predicted molar refractivity (Wildman–Crippen MR) is 79.6 cm³/mol. The standard InChI is InChI=1S/C14H22N2O4S/c1-10-12(5-6-20-10)9-16-21(17,18)14-4-3-11(8-15)7-13(14)19-2/h3-4,7,10,12,16H,5-6,8-9,15H2,1-2H3. The number of benzene rings is 1. The summed E-state index contributed by atoms with van der Waals surface area (Å²) in [5, 5.41) is 0. The van der Waals surface area contributed by atoms with Gasteiger partial charge in [0.05, 0.1) is 13.2 Å². The third-order valence-corrected chi connectivity index (χ3v) is 5.29. The zero-order valence-corrected chi connectivity index (χ0v) is 13.2. The van der Waals surface area contributed by atoms with Gasteiger partial charge in [0.1, 0.15) is 10.6 Å². The van der Waals surface area contributed by atoms with Gasteiger partial charge in [-0.2, -0.15) is 0 Å². The van der Waals surface area contributed by atoms with E-state index >= 15 is 0 Å². The molecule has 1 aliphatic heterocycles. The second-order valence-corrected chi connectivity index (χ2v) is 6.90. The highest BCUT2D eigenvalue weighted by atomic mass is 32.2. The third-order valence-electron chi connectivity index (χ3n) is 3.82. The highest BCUT2D eigenvalue weighted by molar-refractivity contribution is 7.89. The van der Waals surface area contributed by atoms with Crippen molar-refractivity contribution in [1.29, 1.82) is 0 Å². The summed E-state index contributed by atoms with van der Waals surface area (Å²) >= 11 is 0. The molecule has 0 aromatic heterocycles. The number of hydrogen-bond acceptors (Lipinski definition) is 5. The Hall–Kier alpha value is -1.15. The lowest BCUT2D eigenvalue weighted by molar-refractivity contribution is 0.107. The number of methoxy groups -OCH3 is 1. The molecular formula is C14H22N2O4S. The second kappa shape index (κ2) is 6.74. The number of rotatable bonds is 6. The molecule has 2 unspecified atom stereocenters. The van der Waals surface area contributed by atoms with E-state index in [1.54, 1.807) is 12.1 Å². The Morgan fingerprint density at radius 2 is 2.24 bits per heavy atom. The maximum atomic E-state index is 12.4. The molecule has 2 rings (SSSR count). The molecule has 3 N–H and O–H groups in total. The first-order valence-electron chi connectivity index (χ1n) is 6.96. The maximum absolute atomic E-state index is 12.4. The molecule has 1 aliphatic rings. The lowest BCUT2D eigenvalue weighted by Crippen LogP contribution is -2.32. The summed E-state index contributed by atoms with van der Waals surface area (Å²) < 4.78 is 38.1. The molecule has 0 aliphatic carbocycles. The van der Waals surface area contributed by atoms with E-state index < -0.39 is 10.0 Å². The molecule has 6 nitrogen and oxygen atoms in total. The Balaban J connectivity index is 2.15. The predicted octanol–water partition coefficient (Wildman–Crippen LogP) is 0.857. The lowest BCUT2D eigenvalue weighted by atomic mass is 10.0. The van der Waals surface area contributed by atoms with Gasteiger partial charge in [0.15, 0.2) is 0 Å². The van der Waals surface area contributed by atoms with E-state index in [0.717, 1.165) is 12.0 Å². The summed E-state index contributed by atoms with van der Waals surface area (Å²) in [6.45, 7) is 3.34. The van der Waals surface area contributed by atoms with Crippen molar-refractivity contribution in [1.82, 2.24) is 4.72 Å². The van der Waals surface area contributed by atoms with Crippen LogP contribution in [0.5, 0.6) is 5.75 Å². The zero-order chi connectivity index (χ0) is 15.5. The van der Waals surface area contributed by atoms with E-state index in [9.17, 15) is 8.42 Å².